The first-order valence-electron chi connectivity index (χ1n) is 6.39. The van der Waals surface area contributed by atoms with Crippen LogP contribution in [0.5, 0.6) is 0 Å². The van der Waals surface area contributed by atoms with Crippen molar-refractivity contribution in [2.45, 2.75) is 53.4 Å². The van der Waals surface area contributed by atoms with Crippen molar-refractivity contribution in [1.82, 2.24) is 0 Å². The Hall–Kier alpha value is -0.730. The van der Waals surface area contributed by atoms with E-state index in [4.69, 9.17) is 9.47 Å². The summed E-state index contributed by atoms with van der Waals surface area (Å²) in [7, 11) is 0. The van der Waals surface area contributed by atoms with E-state index in [1.807, 2.05) is 0 Å². The van der Waals surface area contributed by atoms with Crippen molar-refractivity contribution >= 4 is 6.16 Å². The van der Waals surface area contributed by atoms with E-state index < -0.39 is 6.16 Å². The third-order valence-electron chi connectivity index (χ3n) is 2.53. The molecule has 0 aliphatic heterocycles. The molecule has 0 heterocycles. The molecule has 3 nitrogen and oxygen atoms in total. The molecule has 0 rings (SSSR count). The fourth-order valence-corrected chi connectivity index (χ4v) is 1.61. The van der Waals surface area contributed by atoms with Crippen LogP contribution in [0.15, 0.2) is 0 Å². The Kier molecular flexibility index (Phi) is 9.06. The van der Waals surface area contributed by atoms with Gasteiger partial charge in [-0.05, 0) is 24.7 Å². The van der Waals surface area contributed by atoms with E-state index in [-0.39, 0.29) is 0 Å². The van der Waals surface area contributed by atoms with E-state index in [1.165, 1.54) is 0 Å². The van der Waals surface area contributed by atoms with Gasteiger partial charge in [-0.25, -0.2) is 4.79 Å². The smallest absolute Gasteiger partial charge is 0.434 e. The lowest BCUT2D eigenvalue weighted by atomic mass is 10.1. The van der Waals surface area contributed by atoms with Gasteiger partial charge >= 0.3 is 6.16 Å². The maximum atomic E-state index is 11.2. The number of rotatable bonds is 8. The van der Waals surface area contributed by atoms with Gasteiger partial charge < -0.3 is 9.47 Å². The van der Waals surface area contributed by atoms with Crippen LogP contribution in [0.4, 0.5) is 4.79 Å². The first-order chi connectivity index (χ1) is 7.60. The van der Waals surface area contributed by atoms with Gasteiger partial charge in [0.05, 0.1) is 13.2 Å². The fraction of sp³-hybridized carbons (Fsp3) is 0.923. The largest absolute Gasteiger partial charge is 0.508 e. The van der Waals surface area contributed by atoms with Crippen molar-refractivity contribution in [2.75, 3.05) is 13.2 Å². The molecule has 2 unspecified atom stereocenters. The number of hydrogen-bond donors (Lipinski definition) is 0. The van der Waals surface area contributed by atoms with Crippen LogP contribution in [0.2, 0.25) is 0 Å². The van der Waals surface area contributed by atoms with Crippen molar-refractivity contribution in [3.05, 3.63) is 0 Å². The summed E-state index contributed by atoms with van der Waals surface area (Å²) in [5.74, 6) is 0.844. The van der Waals surface area contributed by atoms with Gasteiger partial charge in [0.25, 0.3) is 0 Å². The second kappa shape index (κ2) is 9.49. The van der Waals surface area contributed by atoms with Crippen LogP contribution >= 0.6 is 0 Å². The maximum Gasteiger partial charge on any atom is 0.508 e. The second-order valence-corrected chi connectivity index (χ2v) is 4.66. The summed E-state index contributed by atoms with van der Waals surface area (Å²) in [6, 6.07) is 0. The molecule has 0 aromatic carbocycles. The molecule has 0 aromatic heterocycles. The molecule has 0 spiro atoms. The van der Waals surface area contributed by atoms with Gasteiger partial charge in [0.1, 0.15) is 0 Å². The van der Waals surface area contributed by atoms with E-state index in [9.17, 15) is 4.79 Å². The Balaban J connectivity index is 3.51. The average Bonchev–Trinajstić information content (AvgIpc) is 2.24. The van der Waals surface area contributed by atoms with Crippen LogP contribution in [0.25, 0.3) is 0 Å². The Labute approximate surface area is 99.5 Å². The zero-order chi connectivity index (χ0) is 12.4. The lowest BCUT2D eigenvalue weighted by Gasteiger charge is -2.13. The van der Waals surface area contributed by atoms with Crippen LogP contribution in [-0.4, -0.2) is 19.4 Å². The summed E-state index contributed by atoms with van der Waals surface area (Å²) < 4.78 is 10.0. The number of carbonyl (C=O) groups excluding carboxylic acids is 1. The highest BCUT2D eigenvalue weighted by atomic mass is 16.7. The normalized spacial score (nSPS) is 14.2. The molecule has 0 radical (unpaired) electrons. The van der Waals surface area contributed by atoms with Gasteiger partial charge in [-0.1, -0.05) is 40.5 Å². The Bertz CT molecular complexity index is 162. The van der Waals surface area contributed by atoms with Gasteiger partial charge in [-0.2, -0.15) is 0 Å². The van der Waals surface area contributed by atoms with Crippen molar-refractivity contribution in [1.29, 1.82) is 0 Å². The number of ether oxygens (including phenoxy) is 2. The molecule has 0 aliphatic rings. The topological polar surface area (TPSA) is 35.5 Å². The molecule has 0 fully saturated rings. The van der Waals surface area contributed by atoms with E-state index in [1.54, 1.807) is 0 Å². The zero-order valence-corrected chi connectivity index (χ0v) is 11.1. The zero-order valence-electron chi connectivity index (χ0n) is 11.1. The van der Waals surface area contributed by atoms with Crippen LogP contribution in [0.1, 0.15) is 53.4 Å². The second-order valence-electron chi connectivity index (χ2n) is 4.66. The quantitative estimate of drug-likeness (QED) is 0.591. The summed E-state index contributed by atoms with van der Waals surface area (Å²) in [6.45, 7) is 9.35. The molecule has 16 heavy (non-hydrogen) atoms. The maximum absolute atomic E-state index is 11.2. The monoisotopic (exact) mass is 230 g/mol. The van der Waals surface area contributed by atoms with Crippen LogP contribution in [0, 0.1) is 11.8 Å². The lowest BCUT2D eigenvalue weighted by Crippen LogP contribution is -2.16. The van der Waals surface area contributed by atoms with Crippen molar-refractivity contribution < 1.29 is 14.3 Å². The highest BCUT2D eigenvalue weighted by Crippen LogP contribution is 2.08. The minimum atomic E-state index is -0.522. The first-order valence-corrected chi connectivity index (χ1v) is 6.39. The van der Waals surface area contributed by atoms with Gasteiger partial charge in [0.15, 0.2) is 0 Å². The molecule has 2 atom stereocenters. The summed E-state index contributed by atoms with van der Waals surface area (Å²) >= 11 is 0. The van der Waals surface area contributed by atoms with Gasteiger partial charge in [0.2, 0.25) is 0 Å². The molecule has 0 aromatic rings. The average molecular weight is 230 g/mol. The van der Waals surface area contributed by atoms with Crippen molar-refractivity contribution in [3.63, 3.8) is 0 Å². The standard InChI is InChI=1S/C13H26O3/c1-5-7-11(3)9-15-13(14)16-10-12(4)8-6-2/h11-12H,5-10H2,1-4H3. The SMILES string of the molecule is CCCC(C)COC(=O)OCC(C)CCC. The van der Waals surface area contributed by atoms with Crippen molar-refractivity contribution in [3.8, 4) is 0 Å². The Morgan fingerprint density at radius 2 is 1.31 bits per heavy atom. The number of hydrogen-bond acceptors (Lipinski definition) is 3. The summed E-state index contributed by atoms with van der Waals surface area (Å²) in [4.78, 5) is 11.2. The van der Waals surface area contributed by atoms with E-state index >= 15 is 0 Å². The van der Waals surface area contributed by atoms with Crippen LogP contribution in [0.3, 0.4) is 0 Å². The molecule has 0 amide bonds. The van der Waals surface area contributed by atoms with E-state index in [0.29, 0.717) is 25.0 Å². The van der Waals surface area contributed by atoms with Crippen LogP contribution < -0.4 is 0 Å². The molecule has 3 heteroatoms. The molecule has 0 N–H and O–H groups in total. The lowest BCUT2D eigenvalue weighted by molar-refractivity contribution is 0.0359. The van der Waals surface area contributed by atoms with E-state index in [0.717, 1.165) is 25.7 Å². The summed E-state index contributed by atoms with van der Waals surface area (Å²) in [5.41, 5.74) is 0. The predicted octanol–water partition coefficient (Wildman–Crippen LogP) is 4.01. The summed E-state index contributed by atoms with van der Waals surface area (Å²) in [6.07, 6.45) is 3.88. The van der Waals surface area contributed by atoms with Gasteiger partial charge in [-0.3, -0.25) is 0 Å². The fourth-order valence-electron chi connectivity index (χ4n) is 1.61. The van der Waals surface area contributed by atoms with Gasteiger partial charge in [0, 0.05) is 0 Å². The minimum Gasteiger partial charge on any atom is -0.434 e. The van der Waals surface area contributed by atoms with Crippen molar-refractivity contribution in [2.24, 2.45) is 11.8 Å². The third kappa shape index (κ3) is 8.57. The van der Waals surface area contributed by atoms with Gasteiger partial charge in [-0.15, -0.1) is 0 Å². The third-order valence-corrected chi connectivity index (χ3v) is 2.53. The highest BCUT2D eigenvalue weighted by molar-refractivity contribution is 5.59. The molecular formula is C13H26O3. The molecule has 0 bridgehead atoms. The Morgan fingerprint density at radius 1 is 0.938 bits per heavy atom. The molecular weight excluding hydrogens is 204 g/mol. The predicted molar refractivity (Wildman–Crippen MR) is 65.4 cm³/mol. The first kappa shape index (κ1) is 15.3. The molecule has 0 aliphatic carbocycles. The molecule has 96 valence electrons. The minimum absolute atomic E-state index is 0.422. The van der Waals surface area contributed by atoms with Crippen LogP contribution in [-0.2, 0) is 9.47 Å². The summed E-state index contributed by atoms with van der Waals surface area (Å²) in [5, 5.41) is 0. The highest BCUT2D eigenvalue weighted by Gasteiger charge is 2.09. The molecule has 0 saturated heterocycles. The number of carbonyl (C=O) groups is 1. The van der Waals surface area contributed by atoms with E-state index in [2.05, 4.69) is 27.7 Å². The Morgan fingerprint density at radius 3 is 1.62 bits per heavy atom. The molecule has 0 saturated carbocycles.